The maximum atomic E-state index is 10.6. The van der Waals surface area contributed by atoms with Crippen LogP contribution >= 0.6 is 15.9 Å². The van der Waals surface area contributed by atoms with Crippen LogP contribution in [0.5, 0.6) is 0 Å². The zero-order valence-electron chi connectivity index (χ0n) is 18.4. The van der Waals surface area contributed by atoms with Crippen molar-refractivity contribution in [1.82, 2.24) is 24.8 Å². The van der Waals surface area contributed by atoms with Gasteiger partial charge in [-0.05, 0) is 53.0 Å². The Morgan fingerprint density at radius 2 is 1.97 bits per heavy atom. The second-order valence-electron chi connectivity index (χ2n) is 8.08. The van der Waals surface area contributed by atoms with Crippen molar-refractivity contribution in [3.63, 3.8) is 0 Å². The molecule has 0 aliphatic carbocycles. The Labute approximate surface area is 201 Å². The molecule has 10 heteroatoms. The fraction of sp³-hybridized carbons (Fsp3) is 0.435. The molecule has 2 aromatic heterocycles. The van der Waals surface area contributed by atoms with Gasteiger partial charge in [-0.25, -0.2) is 14.8 Å². The lowest BCUT2D eigenvalue weighted by molar-refractivity contribution is 0.0825. The van der Waals surface area contributed by atoms with Crippen LogP contribution < -0.4 is 10.6 Å². The van der Waals surface area contributed by atoms with Crippen LogP contribution in [0.1, 0.15) is 18.5 Å². The van der Waals surface area contributed by atoms with Crippen molar-refractivity contribution in [2.24, 2.45) is 0 Å². The number of rotatable bonds is 10. The van der Waals surface area contributed by atoms with Gasteiger partial charge in [-0.15, -0.1) is 0 Å². The average Bonchev–Trinajstić information content (AvgIpc) is 3.15. The molecule has 4 rings (SSSR count). The Morgan fingerprint density at radius 3 is 2.76 bits per heavy atom. The molecule has 0 radical (unpaired) electrons. The molecule has 0 bridgehead atoms. The van der Waals surface area contributed by atoms with Gasteiger partial charge in [-0.3, -0.25) is 4.57 Å². The van der Waals surface area contributed by atoms with Gasteiger partial charge in [0.2, 0.25) is 5.95 Å². The number of imidazole rings is 1. The van der Waals surface area contributed by atoms with Crippen molar-refractivity contribution >= 4 is 39.0 Å². The van der Waals surface area contributed by atoms with Gasteiger partial charge in [0.25, 0.3) is 0 Å². The minimum atomic E-state index is -0.972. The Bertz CT molecular complexity index is 1070. The number of carboxylic acid groups (broad SMARTS) is 1. The van der Waals surface area contributed by atoms with E-state index in [1.807, 2.05) is 36.4 Å². The number of pyridine rings is 1. The van der Waals surface area contributed by atoms with Crippen molar-refractivity contribution in [1.29, 1.82) is 0 Å². The van der Waals surface area contributed by atoms with Crippen LogP contribution in [0.3, 0.4) is 0 Å². The number of benzene rings is 1. The van der Waals surface area contributed by atoms with Crippen molar-refractivity contribution < 1.29 is 14.6 Å². The predicted molar refractivity (Wildman–Crippen MR) is 130 cm³/mol. The van der Waals surface area contributed by atoms with E-state index in [1.165, 1.54) is 0 Å². The molecule has 3 N–H and O–H groups in total. The van der Waals surface area contributed by atoms with Gasteiger partial charge in [0.15, 0.2) is 0 Å². The highest BCUT2D eigenvalue weighted by Gasteiger charge is 2.21. The molecule has 1 aromatic carbocycles. The maximum Gasteiger partial charge on any atom is 0.404 e. The molecular weight excluding hydrogens is 488 g/mol. The number of anilines is 1. The van der Waals surface area contributed by atoms with Gasteiger partial charge in [0.1, 0.15) is 11.3 Å². The van der Waals surface area contributed by atoms with Gasteiger partial charge < -0.3 is 25.4 Å². The Balaban J connectivity index is 1.33. The molecule has 3 heterocycles. The monoisotopic (exact) mass is 516 g/mol. The molecule has 176 valence electrons. The molecule has 1 fully saturated rings. The third kappa shape index (κ3) is 6.66. The van der Waals surface area contributed by atoms with E-state index in [2.05, 4.69) is 47.1 Å². The number of fused-ring (bicyclic) bond motifs is 1. The van der Waals surface area contributed by atoms with Gasteiger partial charge in [-0.2, -0.15) is 0 Å². The Kier molecular flexibility index (Phi) is 8.14. The molecule has 1 amide bonds. The summed E-state index contributed by atoms with van der Waals surface area (Å²) in [7, 11) is 0. The quantitative estimate of drug-likeness (QED) is 0.279. The summed E-state index contributed by atoms with van der Waals surface area (Å²) in [4.78, 5) is 22.2. The maximum absolute atomic E-state index is 10.6. The number of hydrogen-bond acceptors (Lipinski definition) is 6. The van der Waals surface area contributed by atoms with Crippen molar-refractivity contribution in [3.8, 4) is 0 Å². The lowest BCUT2D eigenvalue weighted by Gasteiger charge is -2.32. The first-order valence-corrected chi connectivity index (χ1v) is 12.0. The van der Waals surface area contributed by atoms with Crippen molar-refractivity contribution in [3.05, 3.63) is 52.8 Å². The Morgan fingerprint density at radius 1 is 1.15 bits per heavy atom. The van der Waals surface area contributed by atoms with Gasteiger partial charge >= 0.3 is 6.09 Å². The number of aromatic nitrogens is 3. The fourth-order valence-corrected chi connectivity index (χ4v) is 4.42. The number of halogens is 1. The van der Waals surface area contributed by atoms with E-state index in [4.69, 9.17) is 14.8 Å². The molecule has 1 saturated heterocycles. The van der Waals surface area contributed by atoms with E-state index in [-0.39, 0.29) is 0 Å². The van der Waals surface area contributed by atoms with Crippen LogP contribution in [0.15, 0.2) is 47.1 Å². The van der Waals surface area contributed by atoms with Gasteiger partial charge in [0.05, 0.1) is 17.6 Å². The van der Waals surface area contributed by atoms with E-state index in [1.54, 1.807) is 0 Å². The highest BCUT2D eigenvalue weighted by Crippen LogP contribution is 2.22. The van der Waals surface area contributed by atoms with Gasteiger partial charge in [0, 0.05) is 44.3 Å². The van der Waals surface area contributed by atoms with E-state index in [0.29, 0.717) is 25.9 Å². The summed E-state index contributed by atoms with van der Waals surface area (Å²) in [6, 6.07) is 14.3. The van der Waals surface area contributed by atoms with E-state index < -0.39 is 6.09 Å². The number of likely N-dealkylation sites (tertiary alicyclic amines) is 1. The molecule has 9 nitrogen and oxygen atoms in total. The molecule has 0 unspecified atom stereocenters. The number of piperidine rings is 1. The number of para-hydroxylation sites is 2. The smallest absolute Gasteiger partial charge is 0.404 e. The second-order valence-corrected chi connectivity index (χ2v) is 8.90. The van der Waals surface area contributed by atoms with Crippen LogP contribution in [-0.4, -0.2) is 69.5 Å². The molecule has 3 aromatic rings. The predicted octanol–water partition coefficient (Wildman–Crippen LogP) is 3.55. The third-order valence-electron chi connectivity index (χ3n) is 5.78. The summed E-state index contributed by atoms with van der Waals surface area (Å²) in [5.74, 6) is 0.822. The fourth-order valence-electron chi connectivity index (χ4n) is 4.04. The topological polar surface area (TPSA) is 105 Å². The molecule has 0 saturated carbocycles. The number of nitrogens with zero attached hydrogens (tertiary/aromatic N) is 4. The SMILES string of the molecule is O=C(O)NCCN1CCC(Nc2nc3ccccc3n2COCCc2cccc(Br)n2)CC1. The number of carbonyl (C=O) groups is 1. The summed E-state index contributed by atoms with van der Waals surface area (Å²) in [5.41, 5.74) is 2.97. The highest BCUT2D eigenvalue weighted by atomic mass is 79.9. The van der Waals surface area contributed by atoms with Crippen molar-refractivity contribution in [2.75, 3.05) is 38.1 Å². The van der Waals surface area contributed by atoms with E-state index >= 15 is 0 Å². The first-order valence-electron chi connectivity index (χ1n) is 11.2. The number of amides is 1. The van der Waals surface area contributed by atoms with Gasteiger partial charge in [-0.1, -0.05) is 18.2 Å². The molecule has 1 aliphatic rings. The minimum Gasteiger partial charge on any atom is -0.465 e. The second kappa shape index (κ2) is 11.4. The normalized spacial score (nSPS) is 15.1. The number of nitrogens with one attached hydrogen (secondary N) is 2. The lowest BCUT2D eigenvalue weighted by atomic mass is 10.1. The summed E-state index contributed by atoms with van der Waals surface area (Å²) < 4.78 is 8.92. The van der Waals surface area contributed by atoms with Crippen LogP contribution in [0.4, 0.5) is 10.7 Å². The summed E-state index contributed by atoms with van der Waals surface area (Å²) in [6.07, 6.45) is 1.72. The number of hydrogen-bond donors (Lipinski definition) is 3. The molecule has 0 spiro atoms. The first-order chi connectivity index (χ1) is 16.1. The van der Waals surface area contributed by atoms with Crippen LogP contribution in [0, 0.1) is 0 Å². The molecular formula is C23H29BrN6O3. The minimum absolute atomic E-state index is 0.315. The number of ether oxygens (including phenoxy) is 1. The average molecular weight is 517 g/mol. The molecule has 33 heavy (non-hydrogen) atoms. The lowest BCUT2D eigenvalue weighted by Crippen LogP contribution is -2.42. The van der Waals surface area contributed by atoms with E-state index in [9.17, 15) is 4.79 Å². The first kappa shape index (κ1) is 23.5. The molecule has 1 aliphatic heterocycles. The summed E-state index contributed by atoms with van der Waals surface area (Å²) in [5, 5.41) is 14.8. The van der Waals surface area contributed by atoms with Crippen LogP contribution in [0.2, 0.25) is 0 Å². The largest absolute Gasteiger partial charge is 0.465 e. The standard InChI is InChI=1S/C23H29BrN6O3/c24-21-7-3-4-17(26-21)10-15-33-16-30-20-6-2-1-5-19(20)28-22(30)27-18-8-12-29(13-9-18)14-11-25-23(31)32/h1-7,18,25H,8-16H2,(H,27,28)(H,31,32). The third-order valence-corrected chi connectivity index (χ3v) is 6.22. The van der Waals surface area contributed by atoms with Crippen molar-refractivity contribution in [2.45, 2.75) is 32.0 Å². The van der Waals surface area contributed by atoms with Crippen LogP contribution in [0.25, 0.3) is 11.0 Å². The molecule has 0 atom stereocenters. The van der Waals surface area contributed by atoms with Crippen LogP contribution in [-0.2, 0) is 17.9 Å². The zero-order chi connectivity index (χ0) is 23.0. The summed E-state index contributed by atoms with van der Waals surface area (Å²) in [6.45, 7) is 4.02. The highest BCUT2D eigenvalue weighted by molar-refractivity contribution is 9.10. The Hall–Kier alpha value is -2.69. The zero-order valence-corrected chi connectivity index (χ0v) is 20.0. The van der Waals surface area contributed by atoms with E-state index in [0.717, 1.165) is 66.2 Å². The summed E-state index contributed by atoms with van der Waals surface area (Å²) >= 11 is 3.41.